The topological polar surface area (TPSA) is 64.4 Å². The Hall–Kier alpha value is -2.63. The molecule has 25 heavy (non-hydrogen) atoms. The van der Waals surface area contributed by atoms with Crippen LogP contribution in [0.2, 0.25) is 0 Å². The van der Waals surface area contributed by atoms with Crippen LogP contribution >= 0.6 is 0 Å². The fourth-order valence-electron chi connectivity index (χ4n) is 3.59. The summed E-state index contributed by atoms with van der Waals surface area (Å²) in [4.78, 5) is 26.4. The lowest BCUT2D eigenvalue weighted by Gasteiger charge is -2.31. The maximum atomic E-state index is 12.8. The largest absolute Gasteiger partial charge is 0.481 e. The zero-order valence-corrected chi connectivity index (χ0v) is 14.3. The Kier molecular flexibility index (Phi) is 4.03. The average Bonchev–Trinajstić information content (AvgIpc) is 3.03. The number of carbonyl (C=O) groups excluding carboxylic acids is 2. The van der Waals surface area contributed by atoms with Gasteiger partial charge in [0.05, 0.1) is 0 Å². The summed E-state index contributed by atoms with van der Waals surface area (Å²) in [5, 5.41) is 4.32. The molecule has 1 aromatic carbocycles. The number of aryl methyl sites for hydroxylation is 2. The molecule has 0 N–H and O–H groups in total. The first kappa shape index (κ1) is 15.9. The molecule has 0 spiro atoms. The lowest BCUT2D eigenvalue weighted by Crippen LogP contribution is -2.47. The summed E-state index contributed by atoms with van der Waals surface area (Å²) in [5.41, 5.74) is 1.82. The smallest absolute Gasteiger partial charge is 0.269 e. The van der Waals surface area contributed by atoms with Crippen LogP contribution in [0, 0.1) is 0 Å². The normalized spacial score (nSPS) is 20.5. The molecule has 0 unspecified atom stereocenters. The van der Waals surface area contributed by atoms with Gasteiger partial charge in [-0.25, -0.2) is 0 Å². The van der Waals surface area contributed by atoms with E-state index in [0.717, 1.165) is 30.4 Å². The third-order valence-corrected chi connectivity index (χ3v) is 4.87. The first-order valence-corrected chi connectivity index (χ1v) is 8.75. The summed E-state index contributed by atoms with van der Waals surface area (Å²) in [5.74, 6) is 1.47. The van der Waals surface area contributed by atoms with Crippen molar-refractivity contribution in [3.63, 3.8) is 0 Å². The molecule has 2 aromatic rings. The Morgan fingerprint density at radius 3 is 2.84 bits per heavy atom. The Balaban J connectivity index is 1.52. The number of ketones is 1. The second kappa shape index (κ2) is 6.35. The van der Waals surface area contributed by atoms with E-state index in [4.69, 9.17) is 4.74 Å². The molecule has 0 saturated carbocycles. The van der Waals surface area contributed by atoms with Gasteiger partial charge in [0.25, 0.3) is 5.91 Å². The van der Waals surface area contributed by atoms with E-state index in [1.54, 1.807) is 15.6 Å². The molecule has 1 aliphatic carbocycles. The van der Waals surface area contributed by atoms with Crippen LogP contribution in [0.15, 0.2) is 30.5 Å². The van der Waals surface area contributed by atoms with E-state index in [9.17, 15) is 9.59 Å². The van der Waals surface area contributed by atoms with E-state index in [2.05, 4.69) is 5.10 Å². The fraction of sp³-hybridized carbons (Fsp3) is 0.421. The minimum absolute atomic E-state index is 0.0567. The van der Waals surface area contributed by atoms with Gasteiger partial charge >= 0.3 is 0 Å². The number of hydrogen-bond acceptors (Lipinski definition) is 4. The molecule has 4 rings (SSSR count). The van der Waals surface area contributed by atoms with Gasteiger partial charge < -0.3 is 4.74 Å². The van der Waals surface area contributed by atoms with Crippen LogP contribution < -0.4 is 9.64 Å². The first-order chi connectivity index (χ1) is 12.1. The highest BCUT2D eigenvalue weighted by atomic mass is 16.5. The van der Waals surface area contributed by atoms with E-state index in [-0.39, 0.29) is 11.7 Å². The van der Waals surface area contributed by atoms with Gasteiger partial charge in [-0.15, -0.1) is 0 Å². The number of piperidine rings is 1. The van der Waals surface area contributed by atoms with Crippen molar-refractivity contribution in [1.29, 1.82) is 0 Å². The molecule has 0 bridgehead atoms. The maximum Gasteiger partial charge on any atom is 0.269 e. The van der Waals surface area contributed by atoms with Crippen LogP contribution in [-0.4, -0.2) is 34.1 Å². The van der Waals surface area contributed by atoms with Crippen molar-refractivity contribution in [3.8, 4) is 5.75 Å². The Bertz CT molecular complexity index is 827. The number of benzene rings is 1. The summed E-state index contributed by atoms with van der Waals surface area (Å²) in [6.07, 6.45) is 5.27. The highest BCUT2D eigenvalue weighted by Crippen LogP contribution is 2.28. The van der Waals surface area contributed by atoms with Gasteiger partial charge in [-0.1, -0.05) is 0 Å². The zero-order valence-electron chi connectivity index (χ0n) is 14.3. The number of anilines is 1. The molecule has 1 amide bonds. The van der Waals surface area contributed by atoms with Crippen LogP contribution in [0.4, 0.5) is 5.82 Å². The third kappa shape index (κ3) is 3.04. The zero-order chi connectivity index (χ0) is 17.4. The Morgan fingerprint density at radius 1 is 1.16 bits per heavy atom. The summed E-state index contributed by atoms with van der Waals surface area (Å²) in [7, 11) is 1.83. The third-order valence-electron chi connectivity index (χ3n) is 4.87. The van der Waals surface area contributed by atoms with E-state index >= 15 is 0 Å². The highest BCUT2D eigenvalue weighted by molar-refractivity contribution is 5.99. The Labute approximate surface area is 146 Å². The molecule has 1 atom stereocenters. The SMILES string of the molecule is Cn1ccc(N2CCC[C@@H](Oc3ccc4c(c3)CCCC4=O)C2=O)n1. The van der Waals surface area contributed by atoms with Crippen molar-refractivity contribution in [2.24, 2.45) is 7.05 Å². The first-order valence-electron chi connectivity index (χ1n) is 8.75. The molecule has 130 valence electrons. The number of hydrogen-bond donors (Lipinski definition) is 0. The van der Waals surface area contributed by atoms with Gasteiger partial charge in [-0.3, -0.25) is 19.2 Å². The van der Waals surface area contributed by atoms with Crippen LogP contribution in [0.3, 0.4) is 0 Å². The number of aromatic nitrogens is 2. The standard InChI is InChI=1S/C19H21N3O3/c1-21-11-9-18(20-21)22-10-3-6-17(19(22)24)25-14-7-8-15-13(12-14)4-2-5-16(15)23/h7-9,11-12,17H,2-6,10H2,1H3/t17-/m1/s1. The molecule has 2 heterocycles. The molecular formula is C19H21N3O3. The number of amides is 1. The molecule has 0 radical (unpaired) electrons. The summed E-state index contributed by atoms with van der Waals surface area (Å²) >= 11 is 0. The lowest BCUT2D eigenvalue weighted by atomic mass is 9.90. The number of ether oxygens (including phenoxy) is 1. The van der Waals surface area contributed by atoms with E-state index in [1.165, 1.54) is 0 Å². The maximum absolute atomic E-state index is 12.8. The number of carbonyl (C=O) groups is 2. The van der Waals surface area contributed by atoms with Crippen molar-refractivity contribution in [2.45, 2.75) is 38.2 Å². The summed E-state index contributed by atoms with van der Waals surface area (Å²) < 4.78 is 7.68. The minimum Gasteiger partial charge on any atom is -0.481 e. The monoisotopic (exact) mass is 339 g/mol. The van der Waals surface area contributed by atoms with E-state index < -0.39 is 6.10 Å². The van der Waals surface area contributed by atoms with Crippen molar-refractivity contribution >= 4 is 17.5 Å². The molecular weight excluding hydrogens is 318 g/mol. The van der Waals surface area contributed by atoms with Crippen molar-refractivity contribution in [3.05, 3.63) is 41.6 Å². The van der Waals surface area contributed by atoms with Crippen LogP contribution in [0.25, 0.3) is 0 Å². The molecule has 6 heteroatoms. The van der Waals surface area contributed by atoms with Crippen LogP contribution in [0.1, 0.15) is 41.6 Å². The van der Waals surface area contributed by atoms with Crippen molar-refractivity contribution < 1.29 is 14.3 Å². The second-order valence-electron chi connectivity index (χ2n) is 6.68. The van der Waals surface area contributed by atoms with Gasteiger partial charge in [-0.05, 0) is 49.4 Å². The molecule has 1 aliphatic heterocycles. The highest BCUT2D eigenvalue weighted by Gasteiger charge is 2.32. The molecule has 2 aliphatic rings. The number of rotatable bonds is 3. The van der Waals surface area contributed by atoms with Gasteiger partial charge in [0.2, 0.25) is 0 Å². The lowest BCUT2D eigenvalue weighted by molar-refractivity contribution is -0.127. The van der Waals surface area contributed by atoms with Crippen LogP contribution in [-0.2, 0) is 18.3 Å². The van der Waals surface area contributed by atoms with Gasteiger partial charge in [0.1, 0.15) is 5.75 Å². The fourth-order valence-corrected chi connectivity index (χ4v) is 3.59. The number of Topliss-reactive ketones (excluding diaryl/α,β-unsaturated/α-hetero) is 1. The minimum atomic E-state index is -0.506. The predicted octanol–water partition coefficient (Wildman–Crippen LogP) is 2.51. The summed E-state index contributed by atoms with van der Waals surface area (Å²) in [6, 6.07) is 7.38. The van der Waals surface area contributed by atoms with Crippen molar-refractivity contribution in [2.75, 3.05) is 11.4 Å². The summed E-state index contributed by atoms with van der Waals surface area (Å²) in [6.45, 7) is 0.661. The van der Waals surface area contributed by atoms with Gasteiger partial charge in [-0.2, -0.15) is 5.10 Å². The predicted molar refractivity (Wildman–Crippen MR) is 92.9 cm³/mol. The van der Waals surface area contributed by atoms with Crippen LogP contribution in [0.5, 0.6) is 5.75 Å². The van der Waals surface area contributed by atoms with Crippen molar-refractivity contribution in [1.82, 2.24) is 9.78 Å². The second-order valence-corrected chi connectivity index (χ2v) is 6.68. The van der Waals surface area contributed by atoms with E-state index in [1.807, 2.05) is 31.4 Å². The van der Waals surface area contributed by atoms with E-state index in [0.29, 0.717) is 31.0 Å². The molecule has 6 nitrogen and oxygen atoms in total. The molecule has 1 fully saturated rings. The quantitative estimate of drug-likeness (QED) is 0.862. The number of nitrogens with zero attached hydrogens (tertiary/aromatic N) is 3. The molecule has 1 aromatic heterocycles. The Morgan fingerprint density at radius 2 is 2.04 bits per heavy atom. The van der Waals surface area contributed by atoms with Gasteiger partial charge in [0.15, 0.2) is 17.7 Å². The molecule has 1 saturated heterocycles. The number of fused-ring (bicyclic) bond motifs is 1. The van der Waals surface area contributed by atoms with Gasteiger partial charge in [0, 0.05) is 37.8 Å². The average molecular weight is 339 g/mol.